The molecule has 154 valence electrons. The van der Waals surface area contributed by atoms with E-state index in [1.54, 1.807) is 38.7 Å². The van der Waals surface area contributed by atoms with Crippen molar-refractivity contribution in [2.24, 2.45) is 0 Å². The molecular formula is C20H19N5O4S. The molecule has 30 heavy (non-hydrogen) atoms. The van der Waals surface area contributed by atoms with Crippen LogP contribution in [0.15, 0.2) is 63.3 Å². The number of hydrogen-bond acceptors (Lipinski definition) is 9. The summed E-state index contributed by atoms with van der Waals surface area (Å²) in [5.74, 6) is 3.89. The second kappa shape index (κ2) is 8.87. The lowest BCUT2D eigenvalue weighted by Crippen LogP contribution is -2.00. The molecule has 0 radical (unpaired) electrons. The molecular weight excluding hydrogens is 406 g/mol. The molecule has 0 aliphatic heterocycles. The predicted molar refractivity (Wildman–Crippen MR) is 110 cm³/mol. The van der Waals surface area contributed by atoms with Gasteiger partial charge in [0.1, 0.15) is 0 Å². The summed E-state index contributed by atoms with van der Waals surface area (Å²) >= 11 is 1.44. The van der Waals surface area contributed by atoms with Gasteiger partial charge < -0.3 is 18.4 Å². The van der Waals surface area contributed by atoms with Crippen LogP contribution in [0.5, 0.6) is 11.5 Å². The van der Waals surface area contributed by atoms with E-state index in [4.69, 9.17) is 18.4 Å². The molecule has 0 saturated carbocycles. The van der Waals surface area contributed by atoms with Crippen molar-refractivity contribution in [2.45, 2.75) is 17.5 Å². The van der Waals surface area contributed by atoms with Gasteiger partial charge in [-0.05, 0) is 30.3 Å². The van der Waals surface area contributed by atoms with E-state index in [9.17, 15) is 0 Å². The molecule has 1 aromatic carbocycles. The number of nitrogens with zero attached hydrogens (tertiary/aromatic N) is 5. The number of rotatable bonds is 9. The summed E-state index contributed by atoms with van der Waals surface area (Å²) in [5.41, 5.74) is 0.766. The molecule has 3 aromatic heterocycles. The Bertz CT molecular complexity index is 1140. The number of benzene rings is 1. The summed E-state index contributed by atoms with van der Waals surface area (Å²) in [6.45, 7) is 4.35. The zero-order valence-corrected chi connectivity index (χ0v) is 17.3. The van der Waals surface area contributed by atoms with Gasteiger partial charge in [0.15, 0.2) is 22.4 Å². The van der Waals surface area contributed by atoms with Crippen molar-refractivity contribution in [3.63, 3.8) is 0 Å². The van der Waals surface area contributed by atoms with Crippen LogP contribution in [0.1, 0.15) is 5.89 Å². The first kappa shape index (κ1) is 19.8. The van der Waals surface area contributed by atoms with Gasteiger partial charge in [-0.25, -0.2) is 0 Å². The van der Waals surface area contributed by atoms with Crippen molar-refractivity contribution < 1.29 is 18.4 Å². The molecule has 3 heterocycles. The third-order valence-electron chi connectivity index (χ3n) is 4.20. The Hall–Kier alpha value is -3.53. The van der Waals surface area contributed by atoms with Crippen LogP contribution in [0.2, 0.25) is 0 Å². The first-order valence-electron chi connectivity index (χ1n) is 8.99. The Kier molecular flexibility index (Phi) is 5.84. The van der Waals surface area contributed by atoms with Crippen LogP contribution in [0, 0.1) is 0 Å². The van der Waals surface area contributed by atoms with E-state index in [0.717, 1.165) is 5.56 Å². The van der Waals surface area contributed by atoms with Gasteiger partial charge in [0.05, 0.1) is 26.2 Å². The topological polar surface area (TPSA) is 101 Å². The van der Waals surface area contributed by atoms with Gasteiger partial charge in [0.2, 0.25) is 17.5 Å². The van der Waals surface area contributed by atoms with Gasteiger partial charge in [0, 0.05) is 12.1 Å². The number of aromatic nitrogens is 5. The largest absolute Gasteiger partial charge is 0.493 e. The molecule has 0 fully saturated rings. The van der Waals surface area contributed by atoms with Crippen LogP contribution in [0.3, 0.4) is 0 Å². The normalized spacial score (nSPS) is 10.9. The lowest BCUT2D eigenvalue weighted by atomic mass is 10.2. The van der Waals surface area contributed by atoms with Crippen LogP contribution in [-0.2, 0) is 12.3 Å². The number of allylic oxidation sites excluding steroid dienone is 1. The van der Waals surface area contributed by atoms with E-state index in [2.05, 4.69) is 26.9 Å². The highest BCUT2D eigenvalue weighted by atomic mass is 32.2. The van der Waals surface area contributed by atoms with E-state index in [-0.39, 0.29) is 0 Å². The summed E-state index contributed by atoms with van der Waals surface area (Å²) in [6, 6.07) is 9.10. The highest BCUT2D eigenvalue weighted by Crippen LogP contribution is 2.32. The summed E-state index contributed by atoms with van der Waals surface area (Å²) in [6.07, 6.45) is 3.38. The van der Waals surface area contributed by atoms with Gasteiger partial charge in [-0.15, -0.1) is 16.8 Å². The minimum Gasteiger partial charge on any atom is -0.493 e. The van der Waals surface area contributed by atoms with Crippen molar-refractivity contribution in [1.29, 1.82) is 0 Å². The summed E-state index contributed by atoms with van der Waals surface area (Å²) < 4.78 is 23.4. The van der Waals surface area contributed by atoms with Crippen molar-refractivity contribution in [3.05, 3.63) is 55.1 Å². The molecule has 4 rings (SSSR count). The van der Waals surface area contributed by atoms with Crippen molar-refractivity contribution in [1.82, 2.24) is 24.9 Å². The van der Waals surface area contributed by atoms with E-state index in [1.807, 2.05) is 22.8 Å². The molecule has 0 bridgehead atoms. The zero-order chi connectivity index (χ0) is 20.9. The molecule has 10 heteroatoms. The van der Waals surface area contributed by atoms with E-state index < -0.39 is 0 Å². The van der Waals surface area contributed by atoms with Crippen molar-refractivity contribution >= 4 is 11.8 Å². The lowest BCUT2D eigenvalue weighted by molar-refractivity contribution is 0.355. The van der Waals surface area contributed by atoms with E-state index in [0.29, 0.717) is 52.3 Å². The molecule has 0 N–H and O–H groups in total. The lowest BCUT2D eigenvalue weighted by Gasteiger charge is -2.07. The molecule has 0 saturated heterocycles. The fourth-order valence-corrected chi connectivity index (χ4v) is 3.59. The standard InChI is InChI=1S/C20H19N5O4S/c1-4-9-25-19(15-6-5-10-28-15)22-23-20(25)30-12-17-21-18(24-29-17)13-7-8-14(26-2)16(11-13)27-3/h4-8,10-11H,1,9,12H2,2-3H3. The summed E-state index contributed by atoms with van der Waals surface area (Å²) in [7, 11) is 3.17. The predicted octanol–water partition coefficient (Wildman–Crippen LogP) is 4.08. The molecule has 0 aliphatic carbocycles. The molecule has 0 amide bonds. The maximum Gasteiger partial charge on any atom is 0.237 e. The fraction of sp³-hybridized carbons (Fsp3) is 0.200. The molecule has 4 aromatic rings. The first-order chi connectivity index (χ1) is 14.7. The Morgan fingerprint density at radius 1 is 1.17 bits per heavy atom. The minimum atomic E-state index is 0.438. The number of methoxy groups -OCH3 is 2. The average Bonchev–Trinajstić information content (AvgIpc) is 3.53. The third-order valence-corrected chi connectivity index (χ3v) is 5.16. The Morgan fingerprint density at radius 2 is 2.03 bits per heavy atom. The Balaban J connectivity index is 1.51. The maximum atomic E-state index is 5.44. The monoisotopic (exact) mass is 425 g/mol. The van der Waals surface area contributed by atoms with Crippen LogP contribution < -0.4 is 9.47 Å². The molecule has 0 spiro atoms. The molecule has 0 unspecified atom stereocenters. The van der Waals surface area contributed by atoms with Gasteiger partial charge in [-0.3, -0.25) is 4.57 Å². The number of hydrogen-bond donors (Lipinski definition) is 0. The van der Waals surface area contributed by atoms with Gasteiger partial charge in [-0.2, -0.15) is 4.98 Å². The smallest absolute Gasteiger partial charge is 0.237 e. The number of furan rings is 1. The zero-order valence-electron chi connectivity index (χ0n) is 16.4. The first-order valence-corrected chi connectivity index (χ1v) is 9.97. The van der Waals surface area contributed by atoms with Crippen LogP contribution >= 0.6 is 11.8 Å². The fourth-order valence-electron chi connectivity index (χ4n) is 2.81. The molecule has 0 atom stereocenters. The Morgan fingerprint density at radius 3 is 2.77 bits per heavy atom. The molecule has 9 nitrogen and oxygen atoms in total. The maximum absolute atomic E-state index is 5.44. The number of ether oxygens (including phenoxy) is 2. The van der Waals surface area contributed by atoms with E-state index >= 15 is 0 Å². The SMILES string of the molecule is C=CCn1c(SCc2nc(-c3ccc(OC)c(OC)c3)no2)nnc1-c1ccco1. The second-order valence-electron chi connectivity index (χ2n) is 6.05. The van der Waals surface area contributed by atoms with Crippen LogP contribution in [-0.4, -0.2) is 39.1 Å². The average molecular weight is 425 g/mol. The second-order valence-corrected chi connectivity index (χ2v) is 7.00. The Labute approximate surface area is 176 Å². The highest BCUT2D eigenvalue weighted by Gasteiger charge is 2.17. The van der Waals surface area contributed by atoms with Crippen molar-refractivity contribution in [3.8, 4) is 34.5 Å². The van der Waals surface area contributed by atoms with Crippen LogP contribution in [0.4, 0.5) is 0 Å². The van der Waals surface area contributed by atoms with Gasteiger partial charge in [0.25, 0.3) is 0 Å². The van der Waals surface area contributed by atoms with Crippen LogP contribution in [0.25, 0.3) is 23.0 Å². The molecule has 0 aliphatic rings. The van der Waals surface area contributed by atoms with E-state index in [1.165, 1.54) is 11.8 Å². The third kappa shape index (κ3) is 3.94. The summed E-state index contributed by atoms with van der Waals surface area (Å²) in [5, 5.41) is 13.3. The van der Waals surface area contributed by atoms with Gasteiger partial charge in [-0.1, -0.05) is 23.0 Å². The quantitative estimate of drug-likeness (QED) is 0.290. The highest BCUT2D eigenvalue weighted by molar-refractivity contribution is 7.98. The van der Waals surface area contributed by atoms with Crippen molar-refractivity contribution in [2.75, 3.05) is 14.2 Å². The van der Waals surface area contributed by atoms with Gasteiger partial charge >= 0.3 is 0 Å². The summed E-state index contributed by atoms with van der Waals surface area (Å²) in [4.78, 5) is 4.47. The number of thioether (sulfide) groups is 1. The minimum absolute atomic E-state index is 0.438.